The highest BCUT2D eigenvalue weighted by Crippen LogP contribution is 2.14. The van der Waals surface area contributed by atoms with Crippen molar-refractivity contribution >= 4 is 12.0 Å². The summed E-state index contributed by atoms with van der Waals surface area (Å²) in [7, 11) is 0. The van der Waals surface area contributed by atoms with Gasteiger partial charge in [-0.3, -0.25) is 4.89 Å². The Kier molecular flexibility index (Phi) is 6.96. The van der Waals surface area contributed by atoms with Crippen molar-refractivity contribution in [2.24, 2.45) is 0 Å². The van der Waals surface area contributed by atoms with Gasteiger partial charge >= 0.3 is 5.97 Å². The molecule has 0 aliphatic heterocycles. The zero-order valence-electron chi connectivity index (χ0n) is 13.2. The fraction of sp³-hybridized carbons (Fsp3) is 0.471. The molecule has 0 aromatic heterocycles. The molecule has 0 bridgehead atoms. The van der Waals surface area contributed by atoms with Crippen molar-refractivity contribution < 1.29 is 19.3 Å². The zero-order valence-corrected chi connectivity index (χ0v) is 13.2. The molecule has 0 fully saturated rings. The smallest absolute Gasteiger partial charge is 0.365 e. The third-order valence-electron chi connectivity index (χ3n) is 2.43. The summed E-state index contributed by atoms with van der Waals surface area (Å²) in [5.41, 5.74) is 0.381. The van der Waals surface area contributed by atoms with Gasteiger partial charge in [0.15, 0.2) is 0 Å². The zero-order chi connectivity index (χ0) is 15.7. The van der Waals surface area contributed by atoms with Crippen LogP contribution in [0.1, 0.15) is 46.1 Å². The fourth-order valence-corrected chi connectivity index (χ4v) is 1.37. The maximum atomic E-state index is 11.4. The number of carbonyl (C=O) groups excluding carboxylic acids is 1. The molecule has 0 heterocycles. The highest BCUT2D eigenvalue weighted by Gasteiger charge is 2.13. The molecule has 21 heavy (non-hydrogen) atoms. The first kappa shape index (κ1) is 17.2. The predicted molar refractivity (Wildman–Crippen MR) is 82.8 cm³/mol. The fourth-order valence-electron chi connectivity index (χ4n) is 1.37. The van der Waals surface area contributed by atoms with E-state index in [1.807, 2.05) is 24.3 Å². The van der Waals surface area contributed by atoms with E-state index in [9.17, 15) is 4.79 Å². The van der Waals surface area contributed by atoms with E-state index in [1.54, 1.807) is 26.8 Å². The number of hydrogen-bond donors (Lipinski definition) is 0. The third kappa shape index (κ3) is 8.15. The Balaban J connectivity index is 2.43. The third-order valence-corrected chi connectivity index (χ3v) is 2.43. The highest BCUT2D eigenvalue weighted by atomic mass is 17.2. The second-order valence-corrected chi connectivity index (χ2v) is 5.70. The first-order valence-electron chi connectivity index (χ1n) is 7.21. The summed E-state index contributed by atoms with van der Waals surface area (Å²) in [6.45, 7) is 8.27. The van der Waals surface area contributed by atoms with E-state index in [0.717, 1.165) is 30.8 Å². The van der Waals surface area contributed by atoms with E-state index in [4.69, 9.17) is 9.62 Å². The van der Waals surface area contributed by atoms with Gasteiger partial charge in [-0.15, -0.1) is 0 Å². The largest absolute Gasteiger partial charge is 0.494 e. The van der Waals surface area contributed by atoms with Crippen LogP contribution < -0.4 is 4.74 Å². The van der Waals surface area contributed by atoms with Gasteiger partial charge in [0.1, 0.15) is 11.4 Å². The molecular weight excluding hydrogens is 268 g/mol. The van der Waals surface area contributed by atoms with Crippen LogP contribution in [-0.4, -0.2) is 18.2 Å². The predicted octanol–water partition coefficient (Wildman–Crippen LogP) is 4.15. The lowest BCUT2D eigenvalue weighted by Crippen LogP contribution is -2.21. The van der Waals surface area contributed by atoms with Gasteiger partial charge in [-0.2, -0.15) is 4.89 Å². The van der Waals surface area contributed by atoms with Gasteiger partial charge in [0.2, 0.25) is 0 Å². The van der Waals surface area contributed by atoms with Crippen molar-refractivity contribution in [2.45, 2.75) is 46.1 Å². The molecule has 4 heteroatoms. The second-order valence-electron chi connectivity index (χ2n) is 5.70. The molecule has 0 saturated heterocycles. The van der Waals surface area contributed by atoms with Crippen LogP contribution >= 0.6 is 0 Å². The summed E-state index contributed by atoms with van der Waals surface area (Å²) >= 11 is 0. The average molecular weight is 292 g/mol. The first-order valence-corrected chi connectivity index (χ1v) is 7.21. The minimum atomic E-state index is -0.534. The number of unbranched alkanes of at least 4 members (excludes halogenated alkanes) is 1. The van der Waals surface area contributed by atoms with Gasteiger partial charge in [0.25, 0.3) is 0 Å². The van der Waals surface area contributed by atoms with Crippen molar-refractivity contribution in [1.82, 2.24) is 0 Å². The number of rotatable bonds is 7. The summed E-state index contributed by atoms with van der Waals surface area (Å²) < 4.78 is 5.57. The van der Waals surface area contributed by atoms with Crippen LogP contribution in [-0.2, 0) is 14.6 Å². The summed E-state index contributed by atoms with van der Waals surface area (Å²) in [5.74, 6) is 0.299. The van der Waals surface area contributed by atoms with Crippen LogP contribution in [0.2, 0.25) is 0 Å². The Morgan fingerprint density at radius 1 is 1.19 bits per heavy atom. The lowest BCUT2D eigenvalue weighted by Gasteiger charge is -2.15. The Morgan fingerprint density at radius 3 is 2.43 bits per heavy atom. The molecule has 4 nitrogen and oxygen atoms in total. The van der Waals surface area contributed by atoms with Crippen molar-refractivity contribution in [3.63, 3.8) is 0 Å². The molecule has 0 N–H and O–H groups in total. The van der Waals surface area contributed by atoms with E-state index in [-0.39, 0.29) is 0 Å². The van der Waals surface area contributed by atoms with Gasteiger partial charge in [-0.05, 0) is 51.0 Å². The van der Waals surface area contributed by atoms with Crippen molar-refractivity contribution in [1.29, 1.82) is 0 Å². The molecule has 0 aliphatic carbocycles. The van der Waals surface area contributed by atoms with Crippen molar-refractivity contribution in [3.05, 3.63) is 35.9 Å². The number of carbonyl (C=O) groups is 1. The minimum Gasteiger partial charge on any atom is -0.494 e. The Bertz CT molecular complexity index is 455. The SMILES string of the molecule is CCCCOc1ccc(/C=C/C(=O)OOC(C)(C)C)cc1. The van der Waals surface area contributed by atoms with E-state index in [1.165, 1.54) is 6.08 Å². The number of hydrogen-bond acceptors (Lipinski definition) is 4. The lowest BCUT2D eigenvalue weighted by atomic mass is 10.2. The van der Waals surface area contributed by atoms with E-state index in [0.29, 0.717) is 0 Å². The number of benzene rings is 1. The molecule has 0 amide bonds. The molecule has 1 aromatic carbocycles. The molecule has 1 aromatic rings. The van der Waals surface area contributed by atoms with Gasteiger partial charge in [0, 0.05) is 6.08 Å². The summed E-state index contributed by atoms with van der Waals surface area (Å²) in [6.07, 6.45) is 5.16. The monoisotopic (exact) mass is 292 g/mol. The molecule has 0 spiro atoms. The van der Waals surface area contributed by atoms with E-state index < -0.39 is 11.6 Å². The molecule has 0 radical (unpaired) electrons. The van der Waals surface area contributed by atoms with Crippen LogP contribution in [0.5, 0.6) is 5.75 Å². The van der Waals surface area contributed by atoms with Gasteiger partial charge in [0.05, 0.1) is 6.61 Å². The molecule has 0 unspecified atom stereocenters. The topological polar surface area (TPSA) is 44.8 Å². The minimum absolute atomic E-state index is 0.513. The van der Waals surface area contributed by atoms with E-state index >= 15 is 0 Å². The Hall–Kier alpha value is -1.81. The first-order chi connectivity index (χ1) is 9.90. The molecule has 0 aliphatic rings. The van der Waals surface area contributed by atoms with E-state index in [2.05, 4.69) is 11.8 Å². The molecule has 116 valence electrons. The van der Waals surface area contributed by atoms with Crippen LogP contribution in [0, 0.1) is 0 Å². The normalized spacial score (nSPS) is 11.6. The Morgan fingerprint density at radius 2 is 1.86 bits per heavy atom. The summed E-state index contributed by atoms with van der Waals surface area (Å²) in [4.78, 5) is 21.0. The quantitative estimate of drug-likeness (QED) is 0.328. The van der Waals surface area contributed by atoms with Crippen molar-refractivity contribution in [2.75, 3.05) is 6.61 Å². The lowest BCUT2D eigenvalue weighted by molar-refractivity contribution is -0.316. The summed E-state index contributed by atoms with van der Waals surface area (Å²) in [6, 6.07) is 7.53. The maximum Gasteiger partial charge on any atom is 0.365 e. The second kappa shape index (κ2) is 8.47. The standard InChI is InChI=1S/C17H24O4/c1-5-6-13-19-15-10-7-14(8-11-15)9-12-16(18)20-21-17(2,3)4/h7-12H,5-6,13H2,1-4H3/b12-9+. The van der Waals surface area contributed by atoms with Gasteiger partial charge in [-0.25, -0.2) is 4.79 Å². The van der Waals surface area contributed by atoms with Gasteiger partial charge < -0.3 is 4.74 Å². The van der Waals surface area contributed by atoms with Crippen LogP contribution in [0.3, 0.4) is 0 Å². The Labute approximate surface area is 126 Å². The number of ether oxygens (including phenoxy) is 1. The van der Waals surface area contributed by atoms with Crippen LogP contribution in [0.25, 0.3) is 6.08 Å². The van der Waals surface area contributed by atoms with Crippen molar-refractivity contribution in [3.8, 4) is 5.75 Å². The van der Waals surface area contributed by atoms with Crippen LogP contribution in [0.4, 0.5) is 0 Å². The van der Waals surface area contributed by atoms with Crippen LogP contribution in [0.15, 0.2) is 30.3 Å². The maximum absolute atomic E-state index is 11.4. The summed E-state index contributed by atoms with van der Waals surface area (Å²) in [5, 5.41) is 0. The molecular formula is C17H24O4. The highest BCUT2D eigenvalue weighted by molar-refractivity contribution is 5.86. The van der Waals surface area contributed by atoms with Gasteiger partial charge in [-0.1, -0.05) is 25.5 Å². The average Bonchev–Trinajstić information content (AvgIpc) is 2.44. The molecule has 0 saturated carbocycles. The molecule has 1 rings (SSSR count). The molecule has 0 atom stereocenters.